The Hall–Kier alpha value is -3.02. The van der Waals surface area contributed by atoms with Crippen LogP contribution in [0.15, 0.2) is 48.5 Å². The predicted molar refractivity (Wildman–Crippen MR) is 102 cm³/mol. The molecule has 2 aromatic carbocycles. The van der Waals surface area contributed by atoms with Crippen molar-refractivity contribution in [2.75, 3.05) is 20.8 Å². The normalized spacial score (nSPS) is 13.0. The van der Waals surface area contributed by atoms with Crippen LogP contribution in [0.4, 0.5) is 0 Å². The molecule has 0 aromatic heterocycles. The molecule has 3 rings (SSSR count). The summed E-state index contributed by atoms with van der Waals surface area (Å²) in [6.45, 7) is 0.517. The van der Waals surface area contributed by atoms with Crippen LogP contribution in [-0.2, 0) is 11.3 Å². The number of rotatable bonds is 8. The van der Waals surface area contributed by atoms with E-state index in [-0.39, 0.29) is 24.4 Å². The number of carbonyl (C=O) groups is 2. The molecule has 1 aliphatic rings. The number of nitrogens with zero attached hydrogens (tertiary/aromatic N) is 1. The van der Waals surface area contributed by atoms with Gasteiger partial charge in [-0.3, -0.25) is 9.59 Å². The number of carbonyl (C=O) groups excluding carboxylic acids is 2. The van der Waals surface area contributed by atoms with Crippen LogP contribution in [0, 0.1) is 0 Å². The van der Waals surface area contributed by atoms with Crippen molar-refractivity contribution in [1.82, 2.24) is 10.2 Å². The summed E-state index contributed by atoms with van der Waals surface area (Å²) in [5, 5.41) is 2.71. The molecule has 0 saturated heterocycles. The largest absolute Gasteiger partial charge is 0.497 e. The minimum absolute atomic E-state index is 0.0164. The molecule has 0 unspecified atom stereocenters. The average Bonchev–Trinajstić information content (AvgIpc) is 3.55. The van der Waals surface area contributed by atoms with E-state index in [4.69, 9.17) is 9.47 Å². The third-order valence-electron chi connectivity index (χ3n) is 4.57. The Balaban J connectivity index is 1.57. The van der Waals surface area contributed by atoms with E-state index in [0.717, 1.165) is 24.2 Å². The van der Waals surface area contributed by atoms with E-state index in [2.05, 4.69) is 5.32 Å². The highest BCUT2D eigenvalue weighted by atomic mass is 16.5. The lowest BCUT2D eigenvalue weighted by atomic mass is 10.2. The van der Waals surface area contributed by atoms with Crippen LogP contribution in [0.25, 0.3) is 0 Å². The molecule has 6 nitrogen and oxygen atoms in total. The molecule has 0 radical (unpaired) electrons. The van der Waals surface area contributed by atoms with Gasteiger partial charge in [0.1, 0.15) is 11.5 Å². The van der Waals surface area contributed by atoms with Gasteiger partial charge in [0, 0.05) is 18.2 Å². The summed E-state index contributed by atoms with van der Waals surface area (Å²) in [6, 6.07) is 14.7. The van der Waals surface area contributed by atoms with E-state index in [1.165, 1.54) is 0 Å². The Morgan fingerprint density at radius 2 is 1.52 bits per heavy atom. The van der Waals surface area contributed by atoms with Gasteiger partial charge >= 0.3 is 0 Å². The number of ether oxygens (including phenoxy) is 2. The van der Waals surface area contributed by atoms with Gasteiger partial charge in [-0.2, -0.15) is 0 Å². The molecule has 1 aliphatic carbocycles. The van der Waals surface area contributed by atoms with Gasteiger partial charge < -0.3 is 19.7 Å². The van der Waals surface area contributed by atoms with Gasteiger partial charge in [-0.1, -0.05) is 12.1 Å². The summed E-state index contributed by atoms with van der Waals surface area (Å²) in [5.41, 5.74) is 1.54. The fourth-order valence-corrected chi connectivity index (χ4v) is 2.84. The van der Waals surface area contributed by atoms with Crippen LogP contribution in [-0.4, -0.2) is 43.5 Å². The minimum atomic E-state index is -0.272. The lowest BCUT2D eigenvalue weighted by molar-refractivity contribution is -0.131. The molecule has 2 aromatic rings. The van der Waals surface area contributed by atoms with Crippen LogP contribution in [0.3, 0.4) is 0 Å². The summed E-state index contributed by atoms with van der Waals surface area (Å²) in [7, 11) is 3.20. The number of nitrogens with one attached hydrogen (secondary N) is 1. The molecule has 0 heterocycles. The van der Waals surface area contributed by atoms with Gasteiger partial charge in [0.2, 0.25) is 5.91 Å². The third kappa shape index (κ3) is 5.00. The molecule has 6 heteroatoms. The zero-order chi connectivity index (χ0) is 19.2. The summed E-state index contributed by atoms with van der Waals surface area (Å²) < 4.78 is 10.2. The molecule has 0 atom stereocenters. The fourth-order valence-electron chi connectivity index (χ4n) is 2.84. The zero-order valence-electron chi connectivity index (χ0n) is 15.6. The van der Waals surface area contributed by atoms with E-state index in [9.17, 15) is 9.59 Å². The maximum absolute atomic E-state index is 12.7. The lowest BCUT2D eigenvalue weighted by Crippen LogP contribution is -2.41. The molecule has 1 saturated carbocycles. The first-order valence-corrected chi connectivity index (χ1v) is 8.95. The molecule has 27 heavy (non-hydrogen) atoms. The third-order valence-corrected chi connectivity index (χ3v) is 4.57. The number of amides is 2. The minimum Gasteiger partial charge on any atom is -0.497 e. The van der Waals surface area contributed by atoms with Crippen LogP contribution < -0.4 is 14.8 Å². The van der Waals surface area contributed by atoms with Gasteiger partial charge in [0.15, 0.2) is 0 Å². The molecule has 1 fully saturated rings. The van der Waals surface area contributed by atoms with Crippen molar-refractivity contribution in [1.29, 1.82) is 0 Å². The van der Waals surface area contributed by atoms with E-state index in [1.54, 1.807) is 38.5 Å². The SMILES string of the molecule is COc1ccc(CN(C(=O)CNC(=O)c2ccc(OC)cc2)C2CC2)cc1. The Morgan fingerprint density at radius 1 is 0.963 bits per heavy atom. The van der Waals surface area contributed by atoms with Crippen molar-refractivity contribution in [3.05, 3.63) is 59.7 Å². The van der Waals surface area contributed by atoms with Crippen molar-refractivity contribution >= 4 is 11.8 Å². The van der Waals surface area contributed by atoms with Gasteiger partial charge in [0.05, 0.1) is 20.8 Å². The molecule has 142 valence electrons. The average molecular weight is 368 g/mol. The summed E-state index contributed by atoms with van der Waals surface area (Å²) in [4.78, 5) is 26.7. The Kier molecular flexibility index (Phi) is 5.96. The van der Waals surface area contributed by atoms with Crippen molar-refractivity contribution in [2.45, 2.75) is 25.4 Å². The predicted octanol–water partition coefficient (Wildman–Crippen LogP) is 2.62. The standard InChI is InChI=1S/C21H24N2O4/c1-26-18-9-3-15(4-10-18)14-23(17-7-8-17)20(24)13-22-21(25)16-5-11-19(27-2)12-6-16/h3-6,9-12,17H,7-8,13-14H2,1-2H3,(H,22,25). The first-order chi connectivity index (χ1) is 13.1. The smallest absolute Gasteiger partial charge is 0.251 e. The maximum Gasteiger partial charge on any atom is 0.251 e. The number of hydrogen-bond donors (Lipinski definition) is 1. The van der Waals surface area contributed by atoms with Crippen molar-refractivity contribution in [2.24, 2.45) is 0 Å². The van der Waals surface area contributed by atoms with E-state index in [1.807, 2.05) is 29.2 Å². The van der Waals surface area contributed by atoms with Crippen molar-refractivity contribution in [3.63, 3.8) is 0 Å². The van der Waals surface area contributed by atoms with Gasteiger partial charge in [-0.05, 0) is 54.8 Å². The first-order valence-electron chi connectivity index (χ1n) is 8.95. The molecule has 0 bridgehead atoms. The van der Waals surface area contributed by atoms with Crippen LogP contribution in [0.1, 0.15) is 28.8 Å². The van der Waals surface area contributed by atoms with Crippen LogP contribution in [0.2, 0.25) is 0 Å². The second-order valence-corrected chi connectivity index (χ2v) is 6.51. The Bertz CT molecular complexity index is 783. The Morgan fingerprint density at radius 3 is 2.04 bits per heavy atom. The molecular formula is C21H24N2O4. The fraction of sp³-hybridized carbons (Fsp3) is 0.333. The highest BCUT2D eigenvalue weighted by Crippen LogP contribution is 2.28. The number of methoxy groups -OCH3 is 2. The maximum atomic E-state index is 12.7. The molecular weight excluding hydrogens is 344 g/mol. The summed E-state index contributed by atoms with van der Waals surface area (Å²) >= 11 is 0. The van der Waals surface area contributed by atoms with Crippen LogP contribution >= 0.6 is 0 Å². The molecule has 2 amide bonds. The monoisotopic (exact) mass is 368 g/mol. The van der Waals surface area contributed by atoms with Crippen LogP contribution in [0.5, 0.6) is 11.5 Å². The Labute approximate surface area is 159 Å². The second kappa shape index (κ2) is 8.58. The quantitative estimate of drug-likeness (QED) is 0.778. The highest BCUT2D eigenvalue weighted by molar-refractivity contribution is 5.96. The number of benzene rings is 2. The number of hydrogen-bond acceptors (Lipinski definition) is 4. The van der Waals surface area contributed by atoms with Gasteiger partial charge in [-0.15, -0.1) is 0 Å². The van der Waals surface area contributed by atoms with Gasteiger partial charge in [0.25, 0.3) is 5.91 Å². The first kappa shape index (κ1) is 18.8. The summed E-state index contributed by atoms with van der Waals surface area (Å²) in [6.07, 6.45) is 2.02. The highest BCUT2D eigenvalue weighted by Gasteiger charge is 2.32. The van der Waals surface area contributed by atoms with Crippen molar-refractivity contribution in [3.8, 4) is 11.5 Å². The molecule has 0 spiro atoms. The lowest BCUT2D eigenvalue weighted by Gasteiger charge is -2.23. The second-order valence-electron chi connectivity index (χ2n) is 6.51. The molecule has 0 aliphatic heterocycles. The molecule has 1 N–H and O–H groups in total. The van der Waals surface area contributed by atoms with Gasteiger partial charge in [-0.25, -0.2) is 0 Å². The van der Waals surface area contributed by atoms with Crippen molar-refractivity contribution < 1.29 is 19.1 Å². The summed E-state index contributed by atoms with van der Waals surface area (Å²) in [5.74, 6) is 1.12. The van der Waals surface area contributed by atoms with E-state index >= 15 is 0 Å². The zero-order valence-corrected chi connectivity index (χ0v) is 15.6. The van der Waals surface area contributed by atoms with E-state index < -0.39 is 0 Å². The topological polar surface area (TPSA) is 67.9 Å². The van der Waals surface area contributed by atoms with E-state index in [0.29, 0.717) is 17.9 Å².